The Balaban J connectivity index is 1.80. The number of rotatable bonds is 5. The molecule has 1 aromatic heterocycles. The molecule has 122 valence electrons. The third-order valence-electron chi connectivity index (χ3n) is 3.63. The first-order chi connectivity index (χ1) is 11.6. The van der Waals surface area contributed by atoms with Crippen LogP contribution in [0.1, 0.15) is 23.3 Å². The van der Waals surface area contributed by atoms with E-state index in [1.807, 2.05) is 24.3 Å². The number of hydrogen-bond acceptors (Lipinski definition) is 5. The van der Waals surface area contributed by atoms with Gasteiger partial charge in [-0.3, -0.25) is 4.79 Å². The van der Waals surface area contributed by atoms with E-state index in [9.17, 15) is 4.79 Å². The molecule has 6 nitrogen and oxygen atoms in total. The monoisotopic (exact) mass is 386 g/mol. The Kier molecular flexibility index (Phi) is 4.71. The predicted octanol–water partition coefficient (Wildman–Crippen LogP) is 3.56. The summed E-state index contributed by atoms with van der Waals surface area (Å²) in [6.07, 6.45) is 0. The molecule has 0 amide bonds. The fourth-order valence-electron chi connectivity index (χ4n) is 2.21. The van der Waals surface area contributed by atoms with Gasteiger partial charge in [0, 0.05) is 15.6 Å². The maximum Gasteiger partial charge on any atom is 0.204 e. The van der Waals surface area contributed by atoms with Crippen molar-refractivity contribution in [2.45, 2.75) is 13.0 Å². The van der Waals surface area contributed by atoms with Crippen LogP contribution in [0.25, 0.3) is 11.4 Å². The van der Waals surface area contributed by atoms with E-state index in [0.717, 1.165) is 10.0 Å². The molecular formula is C17H15BrN4O2. The van der Waals surface area contributed by atoms with Gasteiger partial charge < -0.3 is 4.74 Å². The summed E-state index contributed by atoms with van der Waals surface area (Å²) in [6, 6.07) is 14.0. The zero-order valence-electron chi connectivity index (χ0n) is 13.2. The van der Waals surface area contributed by atoms with Gasteiger partial charge in [0.15, 0.2) is 5.78 Å². The molecule has 7 heteroatoms. The molecule has 1 unspecified atom stereocenters. The van der Waals surface area contributed by atoms with Gasteiger partial charge in [0.2, 0.25) is 5.82 Å². The van der Waals surface area contributed by atoms with Crippen LogP contribution < -0.4 is 4.74 Å². The average Bonchev–Trinajstić information content (AvgIpc) is 3.11. The van der Waals surface area contributed by atoms with Crippen LogP contribution in [0, 0.1) is 0 Å². The molecular weight excluding hydrogens is 372 g/mol. The predicted molar refractivity (Wildman–Crippen MR) is 93.0 cm³/mol. The number of carbonyl (C=O) groups excluding carboxylic acids is 1. The lowest BCUT2D eigenvalue weighted by Gasteiger charge is -2.09. The Morgan fingerprint density at radius 1 is 1.12 bits per heavy atom. The Morgan fingerprint density at radius 3 is 2.42 bits per heavy atom. The number of carbonyl (C=O) groups is 1. The summed E-state index contributed by atoms with van der Waals surface area (Å²) in [7, 11) is 1.59. The second-order valence-corrected chi connectivity index (χ2v) is 6.12. The summed E-state index contributed by atoms with van der Waals surface area (Å²) in [5, 5.41) is 12.4. The molecule has 0 saturated heterocycles. The SMILES string of the molecule is COc1ccc(C(=O)C(C)n2nnc(-c3ccc(Br)cc3)n2)cc1. The van der Waals surface area contributed by atoms with E-state index >= 15 is 0 Å². The van der Waals surface area contributed by atoms with Gasteiger partial charge in [-0.2, -0.15) is 4.80 Å². The second kappa shape index (κ2) is 6.92. The lowest BCUT2D eigenvalue weighted by Crippen LogP contribution is -2.19. The number of Topliss-reactive ketones (excluding diaryl/α,β-unsaturated/α-hetero) is 1. The van der Waals surface area contributed by atoms with E-state index < -0.39 is 6.04 Å². The third kappa shape index (κ3) is 3.35. The van der Waals surface area contributed by atoms with Crippen molar-refractivity contribution in [3.63, 3.8) is 0 Å². The largest absolute Gasteiger partial charge is 0.497 e. The second-order valence-electron chi connectivity index (χ2n) is 5.21. The van der Waals surface area contributed by atoms with Gasteiger partial charge in [-0.05, 0) is 60.7 Å². The summed E-state index contributed by atoms with van der Waals surface area (Å²) >= 11 is 3.39. The molecule has 0 aliphatic carbocycles. The molecule has 3 aromatic rings. The first-order valence-corrected chi connectivity index (χ1v) is 8.11. The first-order valence-electron chi connectivity index (χ1n) is 7.32. The maximum atomic E-state index is 12.6. The number of tetrazole rings is 1. The van der Waals surface area contributed by atoms with Crippen LogP contribution >= 0.6 is 15.9 Å². The van der Waals surface area contributed by atoms with E-state index in [0.29, 0.717) is 17.1 Å². The number of ketones is 1. The molecule has 0 aliphatic heterocycles. The van der Waals surface area contributed by atoms with E-state index in [4.69, 9.17) is 4.74 Å². The Labute approximate surface area is 147 Å². The minimum absolute atomic E-state index is 0.0857. The zero-order valence-corrected chi connectivity index (χ0v) is 14.8. The van der Waals surface area contributed by atoms with Gasteiger partial charge in [-0.1, -0.05) is 15.9 Å². The van der Waals surface area contributed by atoms with Crippen molar-refractivity contribution >= 4 is 21.7 Å². The lowest BCUT2D eigenvalue weighted by molar-refractivity contribution is 0.0918. The fourth-order valence-corrected chi connectivity index (χ4v) is 2.47. The van der Waals surface area contributed by atoms with E-state index in [1.165, 1.54) is 4.80 Å². The number of hydrogen-bond donors (Lipinski definition) is 0. The van der Waals surface area contributed by atoms with Gasteiger partial charge in [-0.25, -0.2) is 0 Å². The van der Waals surface area contributed by atoms with Crippen molar-refractivity contribution in [2.24, 2.45) is 0 Å². The summed E-state index contributed by atoms with van der Waals surface area (Å²) in [6.45, 7) is 1.75. The lowest BCUT2D eigenvalue weighted by atomic mass is 10.1. The first kappa shape index (κ1) is 16.3. The van der Waals surface area contributed by atoms with Gasteiger partial charge in [-0.15, -0.1) is 10.2 Å². The van der Waals surface area contributed by atoms with Crippen molar-refractivity contribution in [1.29, 1.82) is 0 Å². The Morgan fingerprint density at radius 2 is 1.79 bits per heavy atom. The molecule has 1 atom stereocenters. The molecule has 0 N–H and O–H groups in total. The average molecular weight is 387 g/mol. The fraction of sp³-hybridized carbons (Fsp3) is 0.176. The normalized spacial score (nSPS) is 12.0. The summed E-state index contributed by atoms with van der Waals surface area (Å²) in [5.41, 5.74) is 1.42. The van der Waals surface area contributed by atoms with Crippen LogP contribution in [-0.2, 0) is 0 Å². The van der Waals surface area contributed by atoms with Crippen LogP contribution in [0.5, 0.6) is 5.75 Å². The maximum absolute atomic E-state index is 12.6. The Bertz CT molecular complexity index is 844. The van der Waals surface area contributed by atoms with Crippen molar-refractivity contribution in [3.8, 4) is 17.1 Å². The highest BCUT2D eigenvalue weighted by atomic mass is 79.9. The number of aromatic nitrogens is 4. The summed E-state index contributed by atoms with van der Waals surface area (Å²) < 4.78 is 6.07. The number of ether oxygens (including phenoxy) is 1. The zero-order chi connectivity index (χ0) is 17.1. The standard InChI is InChI=1S/C17H15BrN4O2/c1-11(16(23)12-5-9-15(24-2)10-6-12)22-20-17(19-21-22)13-3-7-14(18)8-4-13/h3-11H,1-2H3. The molecule has 0 aliphatic rings. The molecule has 0 fully saturated rings. The van der Waals surface area contributed by atoms with Crippen molar-refractivity contribution in [3.05, 3.63) is 58.6 Å². The minimum atomic E-state index is -0.546. The molecule has 0 bridgehead atoms. The molecule has 3 rings (SSSR count). The van der Waals surface area contributed by atoms with Gasteiger partial charge >= 0.3 is 0 Å². The molecule has 0 spiro atoms. The quantitative estimate of drug-likeness (QED) is 0.627. The van der Waals surface area contributed by atoms with Gasteiger partial charge in [0.1, 0.15) is 11.8 Å². The van der Waals surface area contributed by atoms with Crippen molar-refractivity contribution in [1.82, 2.24) is 20.2 Å². The van der Waals surface area contributed by atoms with Crippen LogP contribution in [0.15, 0.2) is 53.0 Å². The van der Waals surface area contributed by atoms with E-state index in [1.54, 1.807) is 38.3 Å². The Hall–Kier alpha value is -2.54. The summed E-state index contributed by atoms with van der Waals surface area (Å²) in [5.74, 6) is 1.10. The van der Waals surface area contributed by atoms with Crippen molar-refractivity contribution in [2.75, 3.05) is 7.11 Å². The van der Waals surface area contributed by atoms with E-state index in [2.05, 4.69) is 31.3 Å². The van der Waals surface area contributed by atoms with Crippen LogP contribution in [0.4, 0.5) is 0 Å². The van der Waals surface area contributed by atoms with Gasteiger partial charge in [0.05, 0.1) is 7.11 Å². The van der Waals surface area contributed by atoms with Crippen LogP contribution in [-0.4, -0.2) is 33.1 Å². The summed E-state index contributed by atoms with van der Waals surface area (Å²) in [4.78, 5) is 13.9. The molecule has 0 radical (unpaired) electrons. The highest BCUT2D eigenvalue weighted by Crippen LogP contribution is 2.20. The third-order valence-corrected chi connectivity index (χ3v) is 4.16. The highest BCUT2D eigenvalue weighted by molar-refractivity contribution is 9.10. The minimum Gasteiger partial charge on any atom is -0.497 e. The van der Waals surface area contributed by atoms with Crippen LogP contribution in [0.2, 0.25) is 0 Å². The smallest absolute Gasteiger partial charge is 0.204 e. The topological polar surface area (TPSA) is 69.9 Å². The molecule has 0 saturated carbocycles. The molecule has 24 heavy (non-hydrogen) atoms. The number of halogens is 1. The number of methoxy groups -OCH3 is 1. The number of benzene rings is 2. The molecule has 2 aromatic carbocycles. The van der Waals surface area contributed by atoms with E-state index in [-0.39, 0.29) is 5.78 Å². The van der Waals surface area contributed by atoms with Gasteiger partial charge in [0.25, 0.3) is 0 Å². The highest BCUT2D eigenvalue weighted by Gasteiger charge is 2.20. The number of nitrogens with zero attached hydrogens (tertiary/aromatic N) is 4. The molecule has 1 heterocycles. The van der Waals surface area contributed by atoms with Crippen LogP contribution in [0.3, 0.4) is 0 Å². The van der Waals surface area contributed by atoms with Crippen molar-refractivity contribution < 1.29 is 9.53 Å².